The Labute approximate surface area is 112 Å². The average molecular weight is 265 g/mol. The summed E-state index contributed by atoms with van der Waals surface area (Å²) in [7, 11) is 0. The number of benzene rings is 1. The van der Waals surface area contributed by atoms with Crippen molar-refractivity contribution < 1.29 is 9.90 Å². The summed E-state index contributed by atoms with van der Waals surface area (Å²) in [6.07, 6.45) is 1.19. The number of carbonyl (C=O) groups excluding carboxylic acids is 1. The van der Waals surface area contributed by atoms with E-state index in [0.717, 1.165) is 5.75 Å². The minimum absolute atomic E-state index is 0.0732. The summed E-state index contributed by atoms with van der Waals surface area (Å²) in [6.45, 7) is 2.07. The number of amides is 1. The largest absolute Gasteiger partial charge is 0.393 e. The summed E-state index contributed by atoms with van der Waals surface area (Å²) in [5.41, 5.74) is 2.50. The molecule has 98 valence electrons. The van der Waals surface area contributed by atoms with Crippen molar-refractivity contribution in [3.8, 4) is 0 Å². The maximum absolute atomic E-state index is 11.6. The second-order valence-corrected chi connectivity index (χ2v) is 5.85. The quantitative estimate of drug-likeness (QED) is 0.854. The number of carbonyl (C=O) groups is 1. The Bertz CT molecular complexity index is 399. The highest BCUT2D eigenvalue weighted by atomic mass is 32.2. The fourth-order valence-electron chi connectivity index (χ4n) is 1.92. The molecule has 3 nitrogen and oxygen atoms in total. The molecule has 4 heteroatoms. The number of hydrogen-bond acceptors (Lipinski definition) is 3. The van der Waals surface area contributed by atoms with Gasteiger partial charge in [0.15, 0.2) is 0 Å². The van der Waals surface area contributed by atoms with Gasteiger partial charge in [0.25, 0.3) is 0 Å². The van der Waals surface area contributed by atoms with E-state index in [2.05, 4.69) is 36.5 Å². The number of thioether (sulfide) groups is 1. The van der Waals surface area contributed by atoms with E-state index in [4.69, 9.17) is 5.11 Å². The van der Waals surface area contributed by atoms with Gasteiger partial charge in [0, 0.05) is 11.8 Å². The van der Waals surface area contributed by atoms with Gasteiger partial charge in [-0.15, -0.1) is 11.8 Å². The lowest BCUT2D eigenvalue weighted by molar-refractivity contribution is -0.120. The minimum Gasteiger partial charge on any atom is -0.393 e. The molecule has 0 heterocycles. The Balaban J connectivity index is 1.62. The van der Waals surface area contributed by atoms with Gasteiger partial charge in [-0.1, -0.05) is 29.8 Å². The van der Waals surface area contributed by atoms with Crippen LogP contribution in [0.2, 0.25) is 0 Å². The number of nitrogens with one attached hydrogen (secondary N) is 1. The van der Waals surface area contributed by atoms with Gasteiger partial charge in [0.2, 0.25) is 5.91 Å². The van der Waals surface area contributed by atoms with Gasteiger partial charge in [-0.25, -0.2) is 0 Å². The van der Waals surface area contributed by atoms with Crippen molar-refractivity contribution in [1.82, 2.24) is 5.32 Å². The van der Waals surface area contributed by atoms with E-state index in [0.29, 0.717) is 18.6 Å². The van der Waals surface area contributed by atoms with Crippen molar-refractivity contribution >= 4 is 17.7 Å². The number of aliphatic hydroxyl groups is 1. The van der Waals surface area contributed by atoms with Crippen LogP contribution in [0.25, 0.3) is 0 Å². The van der Waals surface area contributed by atoms with E-state index < -0.39 is 0 Å². The third-order valence-corrected chi connectivity index (χ3v) is 4.10. The molecule has 0 spiro atoms. The number of aryl methyl sites for hydroxylation is 1. The fraction of sp³-hybridized carbons (Fsp3) is 0.500. The molecule has 0 unspecified atom stereocenters. The van der Waals surface area contributed by atoms with E-state index in [1.54, 1.807) is 11.8 Å². The molecule has 1 aromatic carbocycles. The standard InChI is InChI=1S/C14H19NO2S/c1-10-2-4-11(5-3-10)8-18-9-14(17)15-12-6-13(16)7-12/h2-5,12-13,16H,6-9H2,1H3,(H,15,17). The molecule has 18 heavy (non-hydrogen) atoms. The normalized spacial score (nSPS) is 22.3. The molecule has 0 radical (unpaired) electrons. The van der Waals surface area contributed by atoms with Crippen LogP contribution in [-0.4, -0.2) is 28.9 Å². The van der Waals surface area contributed by atoms with Crippen molar-refractivity contribution in [2.45, 2.75) is 37.7 Å². The van der Waals surface area contributed by atoms with Crippen molar-refractivity contribution in [2.75, 3.05) is 5.75 Å². The second-order valence-electron chi connectivity index (χ2n) is 4.87. The van der Waals surface area contributed by atoms with Crippen molar-refractivity contribution in [1.29, 1.82) is 0 Å². The summed E-state index contributed by atoms with van der Waals surface area (Å²) < 4.78 is 0. The SMILES string of the molecule is Cc1ccc(CSCC(=O)NC2CC(O)C2)cc1. The van der Waals surface area contributed by atoms with Gasteiger partial charge < -0.3 is 10.4 Å². The van der Waals surface area contributed by atoms with Crippen molar-refractivity contribution in [2.24, 2.45) is 0 Å². The molecule has 1 aliphatic carbocycles. The average Bonchev–Trinajstić information content (AvgIpc) is 2.30. The smallest absolute Gasteiger partial charge is 0.230 e. The summed E-state index contributed by atoms with van der Waals surface area (Å²) in [4.78, 5) is 11.6. The van der Waals surface area contributed by atoms with Crippen LogP contribution in [0, 0.1) is 6.92 Å². The van der Waals surface area contributed by atoms with Gasteiger partial charge in [-0.05, 0) is 25.3 Å². The highest BCUT2D eigenvalue weighted by Gasteiger charge is 2.28. The summed E-state index contributed by atoms with van der Waals surface area (Å²) in [5, 5.41) is 12.0. The molecule has 0 bridgehead atoms. The lowest BCUT2D eigenvalue weighted by Gasteiger charge is -2.31. The van der Waals surface area contributed by atoms with E-state index in [1.165, 1.54) is 11.1 Å². The Morgan fingerprint density at radius 2 is 2.06 bits per heavy atom. The molecule has 0 aliphatic heterocycles. The van der Waals surface area contributed by atoms with E-state index >= 15 is 0 Å². The third-order valence-electron chi connectivity index (χ3n) is 3.10. The van der Waals surface area contributed by atoms with Crippen LogP contribution in [0.5, 0.6) is 0 Å². The van der Waals surface area contributed by atoms with E-state index in [9.17, 15) is 4.79 Å². The molecule has 1 aliphatic rings. The molecule has 1 saturated carbocycles. The highest BCUT2D eigenvalue weighted by molar-refractivity contribution is 7.99. The molecular formula is C14H19NO2S. The van der Waals surface area contributed by atoms with Gasteiger partial charge >= 0.3 is 0 Å². The fourth-order valence-corrected chi connectivity index (χ4v) is 2.72. The van der Waals surface area contributed by atoms with Crippen molar-refractivity contribution in [3.63, 3.8) is 0 Å². The molecule has 0 atom stereocenters. The van der Waals surface area contributed by atoms with Crippen LogP contribution in [0.15, 0.2) is 24.3 Å². The van der Waals surface area contributed by atoms with E-state index in [1.807, 2.05) is 0 Å². The molecule has 0 aromatic heterocycles. The zero-order valence-electron chi connectivity index (χ0n) is 10.6. The number of hydrogen-bond donors (Lipinski definition) is 2. The Morgan fingerprint density at radius 3 is 2.67 bits per heavy atom. The zero-order chi connectivity index (χ0) is 13.0. The van der Waals surface area contributed by atoms with E-state index in [-0.39, 0.29) is 18.1 Å². The van der Waals surface area contributed by atoms with Crippen LogP contribution in [-0.2, 0) is 10.5 Å². The van der Waals surface area contributed by atoms with Crippen LogP contribution >= 0.6 is 11.8 Å². The lowest BCUT2D eigenvalue weighted by atomic mass is 9.89. The van der Waals surface area contributed by atoms with Gasteiger partial charge in [-0.2, -0.15) is 0 Å². The Kier molecular flexibility index (Phi) is 4.66. The topological polar surface area (TPSA) is 49.3 Å². The maximum Gasteiger partial charge on any atom is 0.230 e. The van der Waals surface area contributed by atoms with Crippen LogP contribution < -0.4 is 5.32 Å². The predicted octanol–water partition coefficient (Wildman–Crippen LogP) is 1.87. The molecule has 2 N–H and O–H groups in total. The first kappa shape index (κ1) is 13.4. The van der Waals surface area contributed by atoms with Crippen LogP contribution in [0.3, 0.4) is 0 Å². The minimum atomic E-state index is -0.212. The monoisotopic (exact) mass is 265 g/mol. The predicted molar refractivity (Wildman–Crippen MR) is 74.5 cm³/mol. The first-order valence-corrected chi connectivity index (χ1v) is 7.39. The first-order chi connectivity index (χ1) is 8.63. The Morgan fingerprint density at radius 1 is 1.39 bits per heavy atom. The number of aliphatic hydroxyl groups excluding tert-OH is 1. The number of rotatable bonds is 5. The third kappa shape index (κ3) is 4.03. The van der Waals surface area contributed by atoms with Crippen LogP contribution in [0.4, 0.5) is 0 Å². The zero-order valence-corrected chi connectivity index (χ0v) is 11.4. The summed E-state index contributed by atoms with van der Waals surface area (Å²) in [5.74, 6) is 1.42. The van der Waals surface area contributed by atoms with Gasteiger partial charge in [0.05, 0.1) is 11.9 Å². The Hall–Kier alpha value is -1.00. The molecule has 0 saturated heterocycles. The van der Waals surface area contributed by atoms with Gasteiger partial charge in [-0.3, -0.25) is 4.79 Å². The molecule has 2 rings (SSSR count). The summed E-state index contributed by atoms with van der Waals surface area (Å²) >= 11 is 1.62. The second kappa shape index (κ2) is 6.25. The van der Waals surface area contributed by atoms with Gasteiger partial charge in [0.1, 0.15) is 0 Å². The highest BCUT2D eigenvalue weighted by Crippen LogP contribution is 2.19. The molecule has 1 amide bonds. The maximum atomic E-state index is 11.6. The summed E-state index contributed by atoms with van der Waals surface area (Å²) in [6, 6.07) is 8.56. The lowest BCUT2D eigenvalue weighted by Crippen LogP contribution is -2.47. The van der Waals surface area contributed by atoms with Crippen molar-refractivity contribution in [3.05, 3.63) is 35.4 Å². The molecular weight excluding hydrogens is 246 g/mol. The van der Waals surface area contributed by atoms with Crippen LogP contribution in [0.1, 0.15) is 24.0 Å². The molecule has 1 aromatic rings. The molecule has 1 fully saturated rings. The first-order valence-electron chi connectivity index (χ1n) is 6.24.